The summed E-state index contributed by atoms with van der Waals surface area (Å²) in [5.74, 6) is -1.43. The zero-order valence-corrected chi connectivity index (χ0v) is 16.5. The Morgan fingerprint density at radius 3 is 2.32 bits per heavy atom. The van der Waals surface area contributed by atoms with E-state index in [2.05, 4.69) is 15.3 Å². The van der Waals surface area contributed by atoms with Gasteiger partial charge in [0, 0.05) is 30.9 Å². The van der Waals surface area contributed by atoms with Gasteiger partial charge in [0.1, 0.15) is 11.6 Å². The van der Waals surface area contributed by atoms with Gasteiger partial charge in [-0.15, -0.1) is 0 Å². The third-order valence-corrected chi connectivity index (χ3v) is 4.72. The van der Waals surface area contributed by atoms with Gasteiger partial charge < -0.3 is 9.73 Å². The maximum absolute atomic E-state index is 13.9. The highest BCUT2D eigenvalue weighted by Crippen LogP contribution is 2.26. The molecule has 31 heavy (non-hydrogen) atoms. The molecule has 0 aliphatic carbocycles. The minimum absolute atomic E-state index is 0.00389. The van der Waals surface area contributed by atoms with Crippen molar-refractivity contribution >= 4 is 11.6 Å². The number of halogens is 2. The molecule has 0 bridgehead atoms. The largest absolute Gasteiger partial charge is 0.441 e. The van der Waals surface area contributed by atoms with Gasteiger partial charge in [-0.2, -0.15) is 0 Å². The van der Waals surface area contributed by atoms with Crippen LogP contribution in [0, 0.1) is 11.6 Å². The Hall–Kier alpha value is -3.87. The topological polar surface area (TPSA) is 68.0 Å². The van der Waals surface area contributed by atoms with Crippen LogP contribution in [0.3, 0.4) is 0 Å². The molecule has 0 unspecified atom stereocenters. The lowest BCUT2D eigenvalue weighted by atomic mass is 10.1. The van der Waals surface area contributed by atoms with Crippen molar-refractivity contribution < 1.29 is 18.0 Å². The van der Waals surface area contributed by atoms with Crippen LogP contribution in [-0.2, 0) is 17.6 Å². The first-order valence-electron chi connectivity index (χ1n) is 9.75. The summed E-state index contributed by atoms with van der Waals surface area (Å²) in [4.78, 5) is 20.3. The van der Waals surface area contributed by atoms with E-state index in [0.29, 0.717) is 5.69 Å². The highest BCUT2D eigenvalue weighted by molar-refractivity contribution is 5.90. The number of rotatable bonds is 7. The highest BCUT2D eigenvalue weighted by atomic mass is 19.1. The summed E-state index contributed by atoms with van der Waals surface area (Å²) in [5, 5.41) is 2.82. The third kappa shape index (κ3) is 5.19. The average Bonchev–Trinajstić information content (AvgIpc) is 3.23. The number of pyridine rings is 1. The van der Waals surface area contributed by atoms with E-state index in [1.54, 1.807) is 12.4 Å². The second-order valence-corrected chi connectivity index (χ2v) is 6.99. The summed E-state index contributed by atoms with van der Waals surface area (Å²) in [5.41, 5.74) is 2.70. The zero-order chi connectivity index (χ0) is 21.6. The van der Waals surface area contributed by atoms with Crippen LogP contribution in [0.2, 0.25) is 0 Å². The van der Waals surface area contributed by atoms with E-state index in [1.165, 1.54) is 12.3 Å². The van der Waals surface area contributed by atoms with Crippen LogP contribution < -0.4 is 5.32 Å². The maximum atomic E-state index is 13.9. The lowest BCUT2D eigenvalue weighted by Crippen LogP contribution is -2.12. The molecule has 2 heterocycles. The van der Waals surface area contributed by atoms with Crippen molar-refractivity contribution in [2.45, 2.75) is 19.3 Å². The van der Waals surface area contributed by atoms with Crippen LogP contribution in [0.15, 0.2) is 77.6 Å². The molecule has 4 rings (SSSR count). The van der Waals surface area contributed by atoms with E-state index in [-0.39, 0.29) is 36.0 Å². The van der Waals surface area contributed by atoms with Crippen LogP contribution in [-0.4, -0.2) is 15.9 Å². The minimum atomic E-state index is -0.729. The number of hydrogen-bond donors (Lipinski definition) is 1. The van der Waals surface area contributed by atoms with Crippen molar-refractivity contribution in [3.05, 3.63) is 102 Å². The number of carbonyl (C=O) groups is 1. The first kappa shape index (κ1) is 20.4. The molecule has 2 aromatic carbocycles. The lowest BCUT2D eigenvalue weighted by molar-refractivity contribution is -0.116. The van der Waals surface area contributed by atoms with Gasteiger partial charge in [-0.3, -0.25) is 9.78 Å². The predicted octanol–water partition coefficient (Wildman–Crippen LogP) is 5.18. The van der Waals surface area contributed by atoms with E-state index < -0.39 is 11.6 Å². The van der Waals surface area contributed by atoms with Crippen molar-refractivity contribution in [1.82, 2.24) is 9.97 Å². The molecule has 0 aliphatic rings. The normalized spacial score (nSPS) is 10.8. The summed E-state index contributed by atoms with van der Waals surface area (Å²) in [7, 11) is 0. The number of aromatic nitrogens is 2. The molecule has 0 aliphatic heterocycles. The molecule has 7 heteroatoms. The fourth-order valence-electron chi connectivity index (χ4n) is 3.16. The highest BCUT2D eigenvalue weighted by Gasteiger charge is 2.16. The van der Waals surface area contributed by atoms with Crippen LogP contribution in [0.5, 0.6) is 0 Å². The number of nitrogens with zero attached hydrogens (tertiary/aromatic N) is 2. The molecule has 156 valence electrons. The van der Waals surface area contributed by atoms with Crippen molar-refractivity contribution in [3.63, 3.8) is 0 Å². The number of hydrogen-bond acceptors (Lipinski definition) is 4. The van der Waals surface area contributed by atoms with Crippen LogP contribution in [0.4, 0.5) is 14.5 Å². The van der Waals surface area contributed by atoms with E-state index >= 15 is 0 Å². The summed E-state index contributed by atoms with van der Waals surface area (Å²) in [6.45, 7) is 0. The summed E-state index contributed by atoms with van der Waals surface area (Å²) < 4.78 is 33.1. The molecule has 0 saturated carbocycles. The molecular weight excluding hydrogens is 400 g/mol. The monoisotopic (exact) mass is 419 g/mol. The molecule has 5 nitrogen and oxygen atoms in total. The Labute approximate surface area is 177 Å². The molecule has 4 aromatic rings. The molecule has 0 fully saturated rings. The predicted molar refractivity (Wildman–Crippen MR) is 112 cm³/mol. The fraction of sp³-hybridized carbons (Fsp3) is 0.125. The first-order valence-corrected chi connectivity index (χ1v) is 9.75. The van der Waals surface area contributed by atoms with Crippen LogP contribution in [0.1, 0.15) is 23.4 Å². The quantitative estimate of drug-likeness (QED) is 0.448. The molecule has 1 N–H and O–H groups in total. The number of oxazole rings is 1. The Balaban J connectivity index is 1.31. The van der Waals surface area contributed by atoms with E-state index in [0.717, 1.165) is 29.7 Å². The summed E-state index contributed by atoms with van der Waals surface area (Å²) in [6, 6.07) is 15.1. The Morgan fingerprint density at radius 1 is 0.935 bits per heavy atom. The van der Waals surface area contributed by atoms with Gasteiger partial charge in [0.25, 0.3) is 0 Å². The number of benzene rings is 2. The van der Waals surface area contributed by atoms with Gasteiger partial charge in [0.2, 0.25) is 5.91 Å². The fourth-order valence-corrected chi connectivity index (χ4v) is 3.16. The van der Waals surface area contributed by atoms with Crippen molar-refractivity contribution in [1.29, 1.82) is 0 Å². The van der Waals surface area contributed by atoms with Gasteiger partial charge in [-0.1, -0.05) is 18.2 Å². The van der Waals surface area contributed by atoms with E-state index in [1.807, 2.05) is 36.4 Å². The standard InChI is InChI=1S/C24H19F2N3O2/c25-19-2-1-3-20(26)24(19)21-15-28-23(31-21)9-8-22(30)29-18-6-4-16(5-7-18)14-17-10-12-27-13-11-17/h1-7,10-13,15H,8-9,14H2,(H,29,30). The van der Waals surface area contributed by atoms with Crippen LogP contribution in [0.25, 0.3) is 11.3 Å². The SMILES string of the molecule is O=C(CCc1ncc(-c2c(F)cccc2F)o1)Nc1ccc(Cc2ccncc2)cc1. The molecule has 2 aromatic heterocycles. The third-order valence-electron chi connectivity index (χ3n) is 4.72. The smallest absolute Gasteiger partial charge is 0.224 e. The lowest BCUT2D eigenvalue weighted by Gasteiger charge is -2.06. The van der Waals surface area contributed by atoms with Crippen LogP contribution >= 0.6 is 0 Å². The average molecular weight is 419 g/mol. The molecule has 0 radical (unpaired) electrons. The summed E-state index contributed by atoms with van der Waals surface area (Å²) >= 11 is 0. The molecular formula is C24H19F2N3O2. The number of nitrogens with one attached hydrogen (secondary N) is 1. The van der Waals surface area contributed by atoms with Gasteiger partial charge in [-0.05, 0) is 53.9 Å². The molecule has 1 amide bonds. The minimum Gasteiger partial charge on any atom is -0.441 e. The van der Waals surface area contributed by atoms with Crippen molar-refractivity contribution in [2.75, 3.05) is 5.32 Å². The van der Waals surface area contributed by atoms with Gasteiger partial charge >= 0.3 is 0 Å². The van der Waals surface area contributed by atoms with Gasteiger partial charge in [-0.25, -0.2) is 13.8 Å². The van der Waals surface area contributed by atoms with Crippen molar-refractivity contribution in [2.24, 2.45) is 0 Å². The summed E-state index contributed by atoms with van der Waals surface area (Å²) in [6.07, 6.45) is 5.89. The number of aryl methyl sites for hydroxylation is 1. The molecule has 0 atom stereocenters. The van der Waals surface area contributed by atoms with Gasteiger partial charge in [0.05, 0.1) is 11.8 Å². The number of carbonyl (C=O) groups excluding carboxylic acids is 1. The Bertz CT molecular complexity index is 1150. The maximum Gasteiger partial charge on any atom is 0.224 e. The van der Waals surface area contributed by atoms with Crippen molar-refractivity contribution in [3.8, 4) is 11.3 Å². The van der Waals surface area contributed by atoms with E-state index in [4.69, 9.17) is 4.42 Å². The number of anilines is 1. The second kappa shape index (κ2) is 9.30. The zero-order valence-electron chi connectivity index (χ0n) is 16.5. The first-order chi connectivity index (χ1) is 15.1. The second-order valence-electron chi connectivity index (χ2n) is 6.99. The Kier molecular flexibility index (Phi) is 6.12. The molecule has 0 spiro atoms. The van der Waals surface area contributed by atoms with Gasteiger partial charge in [0.15, 0.2) is 11.7 Å². The Morgan fingerprint density at radius 2 is 1.61 bits per heavy atom. The van der Waals surface area contributed by atoms with E-state index in [9.17, 15) is 13.6 Å². The number of amides is 1. The molecule has 0 saturated heterocycles.